The van der Waals surface area contributed by atoms with Gasteiger partial charge in [0.2, 0.25) is 5.91 Å². The van der Waals surface area contributed by atoms with Crippen molar-refractivity contribution in [3.8, 4) is 0 Å². The predicted octanol–water partition coefficient (Wildman–Crippen LogP) is 1.56. The van der Waals surface area contributed by atoms with E-state index in [0.29, 0.717) is 6.54 Å². The van der Waals surface area contributed by atoms with Crippen LogP contribution in [0.1, 0.15) is 58.3 Å². The molecule has 0 aromatic carbocycles. The maximum absolute atomic E-state index is 12.2. The normalized spacial score (nSPS) is 39.8. The predicted molar refractivity (Wildman–Crippen MR) is 75.5 cm³/mol. The molecule has 110 valence electrons. The molecule has 0 saturated heterocycles. The molecule has 4 atom stereocenters. The van der Waals surface area contributed by atoms with Gasteiger partial charge in [0.25, 0.3) is 0 Å². The fraction of sp³-hybridized carbons (Fsp3) is 0.933. The van der Waals surface area contributed by atoms with Gasteiger partial charge in [0, 0.05) is 23.9 Å². The van der Waals surface area contributed by atoms with E-state index in [4.69, 9.17) is 5.73 Å². The quantitative estimate of drug-likeness (QED) is 0.727. The van der Waals surface area contributed by atoms with Gasteiger partial charge in [0.05, 0.1) is 6.10 Å². The second-order valence-electron chi connectivity index (χ2n) is 6.76. The second kappa shape index (κ2) is 6.23. The van der Waals surface area contributed by atoms with Crippen molar-refractivity contribution in [2.24, 2.45) is 17.1 Å². The average Bonchev–Trinajstić information content (AvgIpc) is 2.40. The number of amides is 1. The third kappa shape index (κ3) is 3.69. The zero-order valence-corrected chi connectivity index (χ0v) is 12.0. The van der Waals surface area contributed by atoms with E-state index in [9.17, 15) is 9.90 Å². The lowest BCUT2D eigenvalue weighted by Gasteiger charge is -2.39. The third-order valence-electron chi connectivity index (χ3n) is 5.03. The number of carbonyl (C=O) groups is 1. The lowest BCUT2D eigenvalue weighted by Crippen LogP contribution is -2.47. The number of hydrogen-bond donors (Lipinski definition) is 3. The van der Waals surface area contributed by atoms with Crippen LogP contribution in [0.5, 0.6) is 0 Å². The molecule has 4 N–H and O–H groups in total. The van der Waals surface area contributed by atoms with Crippen LogP contribution in [-0.2, 0) is 4.79 Å². The first-order valence-corrected chi connectivity index (χ1v) is 7.72. The summed E-state index contributed by atoms with van der Waals surface area (Å²) in [6.45, 7) is 2.68. The summed E-state index contributed by atoms with van der Waals surface area (Å²) >= 11 is 0. The Morgan fingerprint density at radius 3 is 2.79 bits per heavy atom. The van der Waals surface area contributed by atoms with E-state index in [1.165, 1.54) is 0 Å². The van der Waals surface area contributed by atoms with Crippen molar-refractivity contribution in [2.75, 3.05) is 6.54 Å². The van der Waals surface area contributed by atoms with E-state index < -0.39 is 0 Å². The molecule has 2 aliphatic carbocycles. The topological polar surface area (TPSA) is 75.4 Å². The maximum Gasteiger partial charge on any atom is 0.223 e. The van der Waals surface area contributed by atoms with E-state index in [1.54, 1.807) is 0 Å². The molecule has 0 spiro atoms. The largest absolute Gasteiger partial charge is 0.392 e. The molecular formula is C15H28N2O2. The van der Waals surface area contributed by atoms with Gasteiger partial charge in [-0.05, 0) is 32.1 Å². The highest BCUT2D eigenvalue weighted by molar-refractivity contribution is 5.78. The van der Waals surface area contributed by atoms with E-state index in [-0.39, 0.29) is 29.4 Å². The highest BCUT2D eigenvalue weighted by Crippen LogP contribution is 2.35. The fourth-order valence-corrected chi connectivity index (χ4v) is 3.49. The Labute approximate surface area is 116 Å². The van der Waals surface area contributed by atoms with Gasteiger partial charge in [-0.15, -0.1) is 0 Å². The second-order valence-corrected chi connectivity index (χ2v) is 6.76. The number of nitrogens with two attached hydrogens (primary N) is 1. The van der Waals surface area contributed by atoms with Gasteiger partial charge >= 0.3 is 0 Å². The summed E-state index contributed by atoms with van der Waals surface area (Å²) in [5, 5.41) is 13.2. The highest BCUT2D eigenvalue weighted by Gasteiger charge is 2.36. The Morgan fingerprint density at radius 2 is 2.11 bits per heavy atom. The standard InChI is InChI=1S/C15H28N2O2/c1-15(8-3-2-7-13(15)18)10-17-14(19)11-5-4-6-12(16)9-11/h11-13,18H,2-10,16H2,1H3,(H,17,19). The van der Waals surface area contributed by atoms with Crippen LogP contribution in [0.2, 0.25) is 0 Å². The minimum Gasteiger partial charge on any atom is -0.392 e. The molecule has 2 saturated carbocycles. The Balaban J connectivity index is 1.82. The maximum atomic E-state index is 12.2. The van der Waals surface area contributed by atoms with Crippen molar-refractivity contribution in [1.29, 1.82) is 0 Å². The van der Waals surface area contributed by atoms with Gasteiger partial charge in [-0.1, -0.05) is 26.2 Å². The average molecular weight is 268 g/mol. The van der Waals surface area contributed by atoms with Crippen molar-refractivity contribution < 1.29 is 9.90 Å². The monoisotopic (exact) mass is 268 g/mol. The van der Waals surface area contributed by atoms with E-state index in [0.717, 1.165) is 51.4 Å². The summed E-state index contributed by atoms with van der Waals surface area (Å²) in [5.74, 6) is 0.210. The third-order valence-corrected chi connectivity index (χ3v) is 5.03. The number of hydrogen-bond acceptors (Lipinski definition) is 3. The van der Waals surface area contributed by atoms with E-state index >= 15 is 0 Å². The van der Waals surface area contributed by atoms with Gasteiger partial charge in [0.1, 0.15) is 0 Å². The van der Waals surface area contributed by atoms with Crippen molar-refractivity contribution in [1.82, 2.24) is 5.32 Å². The number of aliphatic hydroxyl groups excluding tert-OH is 1. The lowest BCUT2D eigenvalue weighted by atomic mass is 9.73. The number of aliphatic hydroxyl groups is 1. The van der Waals surface area contributed by atoms with E-state index in [2.05, 4.69) is 12.2 Å². The fourth-order valence-electron chi connectivity index (χ4n) is 3.49. The first-order chi connectivity index (χ1) is 9.01. The first-order valence-electron chi connectivity index (χ1n) is 7.72. The van der Waals surface area contributed by atoms with E-state index in [1.807, 2.05) is 0 Å². The Kier molecular flexibility index (Phi) is 4.85. The van der Waals surface area contributed by atoms with Gasteiger partial charge in [-0.25, -0.2) is 0 Å². The van der Waals surface area contributed by atoms with Gasteiger partial charge in [-0.2, -0.15) is 0 Å². The SMILES string of the molecule is CC1(CNC(=O)C2CCCC(N)C2)CCCCC1O. The number of carbonyl (C=O) groups excluding carboxylic acids is 1. The summed E-state index contributed by atoms with van der Waals surface area (Å²) in [4.78, 5) is 12.2. The Bertz CT molecular complexity index is 321. The molecule has 4 heteroatoms. The van der Waals surface area contributed by atoms with Gasteiger partial charge in [0.15, 0.2) is 0 Å². The molecule has 2 fully saturated rings. The minimum absolute atomic E-state index is 0.0769. The summed E-state index contributed by atoms with van der Waals surface area (Å²) in [5.41, 5.74) is 5.78. The number of rotatable bonds is 3. The zero-order valence-electron chi connectivity index (χ0n) is 12.0. The minimum atomic E-state index is -0.282. The zero-order chi connectivity index (χ0) is 13.9. The van der Waals surface area contributed by atoms with Crippen LogP contribution >= 0.6 is 0 Å². The van der Waals surface area contributed by atoms with Crippen molar-refractivity contribution in [2.45, 2.75) is 70.4 Å². The molecule has 0 aromatic rings. The first kappa shape index (κ1) is 14.8. The van der Waals surface area contributed by atoms with Crippen LogP contribution < -0.4 is 11.1 Å². The van der Waals surface area contributed by atoms with Crippen LogP contribution in [0.4, 0.5) is 0 Å². The van der Waals surface area contributed by atoms with Crippen molar-refractivity contribution in [3.05, 3.63) is 0 Å². The smallest absolute Gasteiger partial charge is 0.223 e. The summed E-state index contributed by atoms with van der Waals surface area (Å²) < 4.78 is 0. The molecule has 0 bridgehead atoms. The highest BCUT2D eigenvalue weighted by atomic mass is 16.3. The molecule has 0 aromatic heterocycles. The Morgan fingerprint density at radius 1 is 1.32 bits per heavy atom. The molecule has 2 rings (SSSR count). The lowest BCUT2D eigenvalue weighted by molar-refractivity contribution is -0.127. The molecule has 19 heavy (non-hydrogen) atoms. The van der Waals surface area contributed by atoms with Gasteiger partial charge in [-0.3, -0.25) is 4.79 Å². The molecule has 2 aliphatic rings. The molecule has 4 nitrogen and oxygen atoms in total. The molecule has 1 amide bonds. The summed E-state index contributed by atoms with van der Waals surface area (Å²) in [7, 11) is 0. The number of nitrogens with one attached hydrogen (secondary N) is 1. The molecule has 0 radical (unpaired) electrons. The van der Waals surface area contributed by atoms with Gasteiger partial charge < -0.3 is 16.2 Å². The van der Waals surface area contributed by atoms with Crippen molar-refractivity contribution >= 4 is 5.91 Å². The summed E-state index contributed by atoms with van der Waals surface area (Å²) in [6, 6.07) is 0.181. The molecule has 0 aliphatic heterocycles. The van der Waals surface area contributed by atoms with Crippen LogP contribution in [0, 0.1) is 11.3 Å². The van der Waals surface area contributed by atoms with Crippen molar-refractivity contribution in [3.63, 3.8) is 0 Å². The molecular weight excluding hydrogens is 240 g/mol. The molecule has 4 unspecified atom stereocenters. The summed E-state index contributed by atoms with van der Waals surface area (Å²) in [6.07, 6.45) is 7.69. The van der Waals surface area contributed by atoms with Crippen LogP contribution in [-0.4, -0.2) is 29.7 Å². The van der Waals surface area contributed by atoms with Crippen LogP contribution in [0.3, 0.4) is 0 Å². The van der Waals surface area contributed by atoms with Crippen LogP contribution in [0.15, 0.2) is 0 Å². The van der Waals surface area contributed by atoms with Crippen LogP contribution in [0.25, 0.3) is 0 Å². The molecule has 0 heterocycles. The Hall–Kier alpha value is -0.610.